The van der Waals surface area contributed by atoms with Crippen LogP contribution in [0.5, 0.6) is 0 Å². The number of anilines is 2. The van der Waals surface area contributed by atoms with Crippen molar-refractivity contribution in [2.75, 3.05) is 15.6 Å². The highest BCUT2D eigenvalue weighted by Gasteiger charge is 2.60. The summed E-state index contributed by atoms with van der Waals surface area (Å²) < 4.78 is 0. The highest BCUT2D eigenvalue weighted by Crippen LogP contribution is 2.55. The SMILES string of the molecule is Cc1ccc(N2C(=O)CS[C@]23C(=O)N(Cc2ccccc2)c2ccccc23)cc1. The van der Waals surface area contributed by atoms with Gasteiger partial charge in [-0.05, 0) is 30.7 Å². The first-order valence-electron chi connectivity index (χ1n) is 9.60. The first-order valence-corrected chi connectivity index (χ1v) is 10.6. The quantitative estimate of drug-likeness (QED) is 0.651. The lowest BCUT2D eigenvalue weighted by molar-refractivity contribution is -0.123. The van der Waals surface area contributed by atoms with Crippen LogP contribution in [-0.4, -0.2) is 17.6 Å². The molecule has 1 fully saturated rings. The summed E-state index contributed by atoms with van der Waals surface area (Å²) in [6.07, 6.45) is 0. The largest absolute Gasteiger partial charge is 0.304 e. The summed E-state index contributed by atoms with van der Waals surface area (Å²) in [4.78, 5) is 29.3. The number of hydrogen-bond donors (Lipinski definition) is 0. The fourth-order valence-electron chi connectivity index (χ4n) is 4.17. The second kappa shape index (κ2) is 6.78. The number of thioether (sulfide) groups is 1. The highest BCUT2D eigenvalue weighted by atomic mass is 32.2. The van der Waals surface area contributed by atoms with Gasteiger partial charge in [-0.3, -0.25) is 14.5 Å². The molecular formula is C24H20N2O2S. The van der Waals surface area contributed by atoms with Gasteiger partial charge in [0.15, 0.2) is 0 Å². The lowest BCUT2D eigenvalue weighted by Gasteiger charge is -2.33. The lowest BCUT2D eigenvalue weighted by atomic mass is 10.0. The third-order valence-corrected chi connectivity index (χ3v) is 6.93. The van der Waals surface area contributed by atoms with Crippen molar-refractivity contribution in [3.8, 4) is 0 Å². The van der Waals surface area contributed by atoms with Crippen molar-refractivity contribution in [1.29, 1.82) is 0 Å². The molecule has 0 radical (unpaired) electrons. The average molecular weight is 401 g/mol. The van der Waals surface area contributed by atoms with Gasteiger partial charge >= 0.3 is 0 Å². The molecule has 0 bridgehead atoms. The summed E-state index contributed by atoms with van der Waals surface area (Å²) in [5.74, 6) is 0.190. The minimum atomic E-state index is -1.04. The van der Waals surface area contributed by atoms with Crippen molar-refractivity contribution in [3.63, 3.8) is 0 Å². The molecule has 1 spiro atoms. The maximum Gasteiger partial charge on any atom is 0.269 e. The minimum Gasteiger partial charge on any atom is -0.304 e. The van der Waals surface area contributed by atoms with Gasteiger partial charge in [-0.1, -0.05) is 66.2 Å². The van der Waals surface area contributed by atoms with Crippen molar-refractivity contribution in [2.45, 2.75) is 18.3 Å². The fraction of sp³-hybridized carbons (Fsp3) is 0.167. The van der Waals surface area contributed by atoms with Crippen LogP contribution in [0, 0.1) is 6.92 Å². The molecule has 2 aliphatic rings. The molecule has 2 aliphatic heterocycles. The monoisotopic (exact) mass is 400 g/mol. The van der Waals surface area contributed by atoms with Gasteiger partial charge in [-0.25, -0.2) is 0 Å². The van der Waals surface area contributed by atoms with Crippen LogP contribution in [0.2, 0.25) is 0 Å². The number of carbonyl (C=O) groups excluding carboxylic acids is 2. The Bertz CT molecular complexity index is 1100. The molecule has 29 heavy (non-hydrogen) atoms. The van der Waals surface area contributed by atoms with Gasteiger partial charge in [0.05, 0.1) is 18.0 Å². The van der Waals surface area contributed by atoms with Crippen LogP contribution in [0.15, 0.2) is 78.9 Å². The summed E-state index contributed by atoms with van der Waals surface area (Å²) >= 11 is 1.42. The van der Waals surface area contributed by atoms with Crippen molar-refractivity contribution in [1.82, 2.24) is 0 Å². The molecule has 5 heteroatoms. The van der Waals surface area contributed by atoms with Crippen LogP contribution in [0.25, 0.3) is 0 Å². The zero-order valence-corrected chi connectivity index (χ0v) is 16.9. The maximum absolute atomic E-state index is 13.9. The zero-order chi connectivity index (χ0) is 20.0. The van der Waals surface area contributed by atoms with Crippen LogP contribution in [0.4, 0.5) is 11.4 Å². The second-order valence-corrected chi connectivity index (χ2v) is 8.56. The van der Waals surface area contributed by atoms with E-state index in [0.29, 0.717) is 6.54 Å². The molecule has 144 valence electrons. The van der Waals surface area contributed by atoms with Gasteiger partial charge in [-0.15, -0.1) is 11.8 Å². The van der Waals surface area contributed by atoms with E-state index < -0.39 is 4.87 Å². The summed E-state index contributed by atoms with van der Waals surface area (Å²) in [7, 11) is 0. The van der Waals surface area contributed by atoms with E-state index >= 15 is 0 Å². The zero-order valence-electron chi connectivity index (χ0n) is 16.0. The van der Waals surface area contributed by atoms with E-state index in [1.54, 1.807) is 4.90 Å². The van der Waals surface area contributed by atoms with Crippen LogP contribution in [0.3, 0.4) is 0 Å². The van der Waals surface area contributed by atoms with E-state index in [-0.39, 0.29) is 17.6 Å². The third kappa shape index (κ3) is 2.69. The predicted molar refractivity (Wildman–Crippen MR) is 117 cm³/mol. The molecule has 0 unspecified atom stereocenters. The normalized spacial score (nSPS) is 20.6. The number of nitrogens with zero attached hydrogens (tertiary/aromatic N) is 2. The molecule has 3 aromatic carbocycles. The standard InChI is InChI=1S/C24H20N2O2S/c1-17-11-13-19(14-12-17)26-22(27)16-29-24(26)20-9-5-6-10-21(20)25(23(24)28)15-18-7-3-2-4-8-18/h2-14H,15-16H2,1H3/t24-/m1/s1. The predicted octanol–water partition coefficient (Wildman–Crippen LogP) is 4.47. The Balaban J connectivity index is 1.65. The van der Waals surface area contributed by atoms with Gasteiger partial charge < -0.3 is 4.90 Å². The molecule has 0 aromatic heterocycles. The first-order chi connectivity index (χ1) is 14.1. The Hall–Kier alpha value is -3.05. The van der Waals surface area contributed by atoms with Crippen LogP contribution in [-0.2, 0) is 21.0 Å². The van der Waals surface area contributed by atoms with Crippen molar-refractivity contribution in [2.24, 2.45) is 0 Å². The third-order valence-electron chi connectivity index (χ3n) is 5.54. The van der Waals surface area contributed by atoms with Gasteiger partial charge in [0.25, 0.3) is 5.91 Å². The van der Waals surface area contributed by atoms with E-state index in [1.165, 1.54) is 11.8 Å². The molecule has 1 atom stereocenters. The molecule has 2 amide bonds. The van der Waals surface area contributed by atoms with Crippen LogP contribution < -0.4 is 9.80 Å². The van der Waals surface area contributed by atoms with Crippen molar-refractivity contribution < 1.29 is 9.59 Å². The minimum absolute atomic E-state index is 0.0384. The Kier molecular flexibility index (Phi) is 4.21. The van der Waals surface area contributed by atoms with E-state index in [4.69, 9.17) is 0 Å². The van der Waals surface area contributed by atoms with Crippen molar-refractivity contribution in [3.05, 3.63) is 95.6 Å². The number of para-hydroxylation sites is 1. The maximum atomic E-state index is 13.9. The average Bonchev–Trinajstić information content (AvgIpc) is 3.21. The lowest BCUT2D eigenvalue weighted by Crippen LogP contribution is -2.49. The van der Waals surface area contributed by atoms with E-state index in [9.17, 15) is 9.59 Å². The molecule has 2 heterocycles. The van der Waals surface area contributed by atoms with E-state index in [1.807, 2.05) is 90.7 Å². The number of fused-ring (bicyclic) bond motifs is 2. The molecule has 1 saturated heterocycles. The van der Waals surface area contributed by atoms with Crippen LogP contribution >= 0.6 is 11.8 Å². The summed E-state index contributed by atoms with van der Waals surface area (Å²) in [6.45, 7) is 2.49. The molecule has 0 aliphatic carbocycles. The van der Waals surface area contributed by atoms with Crippen LogP contribution in [0.1, 0.15) is 16.7 Å². The molecule has 4 nitrogen and oxygen atoms in total. The molecule has 3 aromatic rings. The van der Waals surface area contributed by atoms with E-state index in [0.717, 1.165) is 28.1 Å². The van der Waals surface area contributed by atoms with Crippen molar-refractivity contribution >= 4 is 35.0 Å². The van der Waals surface area contributed by atoms with Gasteiger partial charge in [0, 0.05) is 11.3 Å². The Morgan fingerprint density at radius 3 is 2.34 bits per heavy atom. The topological polar surface area (TPSA) is 40.6 Å². The smallest absolute Gasteiger partial charge is 0.269 e. The fourth-order valence-corrected chi connectivity index (χ4v) is 5.53. The summed E-state index contributed by atoms with van der Waals surface area (Å²) in [5.41, 5.74) is 4.70. The number of amides is 2. The Morgan fingerprint density at radius 2 is 1.59 bits per heavy atom. The Labute approximate surface area is 174 Å². The Morgan fingerprint density at radius 1 is 0.897 bits per heavy atom. The molecule has 0 N–H and O–H groups in total. The molecule has 0 saturated carbocycles. The number of benzene rings is 3. The van der Waals surface area contributed by atoms with Gasteiger partial charge in [-0.2, -0.15) is 0 Å². The number of carbonyl (C=O) groups is 2. The molecular weight excluding hydrogens is 380 g/mol. The van der Waals surface area contributed by atoms with E-state index in [2.05, 4.69) is 0 Å². The first kappa shape index (κ1) is 18.0. The number of hydrogen-bond acceptors (Lipinski definition) is 3. The second-order valence-electron chi connectivity index (χ2n) is 7.39. The summed E-state index contributed by atoms with van der Waals surface area (Å²) in [6, 6.07) is 25.6. The number of rotatable bonds is 3. The molecule has 5 rings (SSSR count). The highest BCUT2D eigenvalue weighted by molar-refractivity contribution is 8.02. The van der Waals surface area contributed by atoms with Gasteiger partial charge in [0.1, 0.15) is 0 Å². The number of aryl methyl sites for hydroxylation is 1. The van der Waals surface area contributed by atoms with Gasteiger partial charge in [0.2, 0.25) is 10.8 Å². The summed E-state index contributed by atoms with van der Waals surface area (Å²) in [5, 5.41) is 0.